The zero-order valence-electron chi connectivity index (χ0n) is 22.3. The first-order valence-corrected chi connectivity index (χ1v) is 12.7. The first kappa shape index (κ1) is 26.3. The highest BCUT2D eigenvalue weighted by molar-refractivity contribution is 6.03. The van der Waals surface area contributed by atoms with Gasteiger partial charge in [0, 0.05) is 59.7 Å². The summed E-state index contributed by atoms with van der Waals surface area (Å²) in [5.41, 5.74) is -1.85. The van der Waals surface area contributed by atoms with Gasteiger partial charge in [-0.1, -0.05) is 12.2 Å². The molecule has 35 heavy (non-hydrogen) atoms. The summed E-state index contributed by atoms with van der Waals surface area (Å²) < 4.78 is 11.9. The van der Waals surface area contributed by atoms with Crippen LogP contribution in [0.25, 0.3) is 0 Å². The molecule has 0 aromatic carbocycles. The molecule has 2 heterocycles. The fourth-order valence-corrected chi connectivity index (χ4v) is 6.99. The minimum atomic E-state index is -0.659. The highest BCUT2D eigenvalue weighted by Crippen LogP contribution is 2.47. The van der Waals surface area contributed by atoms with Crippen LogP contribution in [-0.2, 0) is 29.5 Å². The zero-order valence-corrected chi connectivity index (χ0v) is 22.3. The van der Waals surface area contributed by atoms with Crippen LogP contribution in [0.3, 0.4) is 0 Å². The predicted octanol–water partition coefficient (Wildman–Crippen LogP) is 4.31. The van der Waals surface area contributed by atoms with Crippen LogP contribution >= 0.6 is 0 Å². The van der Waals surface area contributed by atoms with E-state index in [0.717, 1.165) is 10.1 Å². The maximum absolute atomic E-state index is 13.4. The summed E-state index contributed by atoms with van der Waals surface area (Å²) in [6, 6.07) is 0. The van der Waals surface area contributed by atoms with E-state index < -0.39 is 46.3 Å². The molecule has 0 aromatic rings. The van der Waals surface area contributed by atoms with Gasteiger partial charge in [-0.05, 0) is 61.8 Å². The monoisotopic (exact) mass is 488 g/mol. The van der Waals surface area contributed by atoms with Gasteiger partial charge in [-0.3, -0.25) is 0 Å². The lowest BCUT2D eigenvalue weighted by Gasteiger charge is -2.49. The zero-order chi connectivity index (χ0) is 26.1. The summed E-state index contributed by atoms with van der Waals surface area (Å²) >= 11 is 0. The minimum absolute atomic E-state index is 0.160. The van der Waals surface area contributed by atoms with Crippen LogP contribution in [0.5, 0.6) is 0 Å². The topological polar surface area (TPSA) is 98.9 Å². The molecule has 0 N–H and O–H groups in total. The van der Waals surface area contributed by atoms with Crippen molar-refractivity contribution in [2.45, 2.75) is 122 Å². The van der Waals surface area contributed by atoms with Gasteiger partial charge in [0.25, 0.3) is 0 Å². The molecule has 4 aliphatic rings. The quantitative estimate of drug-likeness (QED) is 0.432. The molecule has 2 fully saturated rings. The Morgan fingerprint density at radius 3 is 1.23 bits per heavy atom. The molecule has 0 amide bonds. The van der Waals surface area contributed by atoms with Gasteiger partial charge >= 0.3 is 11.9 Å². The van der Waals surface area contributed by atoms with Crippen molar-refractivity contribution in [2.75, 3.05) is 0 Å². The van der Waals surface area contributed by atoms with E-state index in [1.807, 2.05) is 67.5 Å². The molecule has 8 nitrogen and oxygen atoms in total. The summed E-state index contributed by atoms with van der Waals surface area (Å²) in [5.74, 6) is -1.29. The standard InChI is InChI=1S/C27H40N2O6/c1-24(2)12-18(13-25(3,4)28(24)32)34-22(30)20-16-9-10-17(11-16)21(20)23(31)35-19-14-26(5,6)29(33)27(7,8)15-19/h9-10,16-19H,11-15H2,1-8H3/t16-,17+. The summed E-state index contributed by atoms with van der Waals surface area (Å²) in [5, 5.41) is 27.6. The highest BCUT2D eigenvalue weighted by Gasteiger charge is 2.51. The van der Waals surface area contributed by atoms with Gasteiger partial charge in [0.1, 0.15) is 12.2 Å². The lowest BCUT2D eigenvalue weighted by atomic mass is 9.80. The van der Waals surface area contributed by atoms with Crippen molar-refractivity contribution in [3.63, 3.8) is 0 Å². The SMILES string of the molecule is CC1(C)CC(OC(=O)C2=C(C(=O)OC3CC(C)(C)N([O])C(C)(C)C3)[C@H]3C=C[C@@H]2C3)CC(C)(C)N1[O]. The van der Waals surface area contributed by atoms with Crippen molar-refractivity contribution >= 4 is 11.9 Å². The molecule has 194 valence electrons. The molecule has 2 aliphatic carbocycles. The normalized spacial score (nSPS) is 32.2. The average Bonchev–Trinajstić information content (AvgIpc) is 3.31. The van der Waals surface area contributed by atoms with E-state index in [1.54, 1.807) is 0 Å². The number of fused-ring (bicyclic) bond motifs is 2. The highest BCUT2D eigenvalue weighted by atomic mass is 16.6. The number of carbonyl (C=O) groups excluding carboxylic acids is 2. The third-order valence-corrected chi connectivity index (χ3v) is 8.21. The van der Waals surface area contributed by atoms with E-state index in [0.29, 0.717) is 43.3 Å². The molecular formula is C27H40N2O6. The molecular weight excluding hydrogens is 448 g/mol. The van der Waals surface area contributed by atoms with Crippen molar-refractivity contribution in [2.24, 2.45) is 11.8 Å². The molecule has 0 saturated carbocycles. The Morgan fingerprint density at radius 1 is 0.657 bits per heavy atom. The second-order valence-electron chi connectivity index (χ2n) is 13.4. The summed E-state index contributed by atoms with van der Waals surface area (Å²) in [4.78, 5) is 26.8. The molecule has 2 aliphatic heterocycles. The van der Waals surface area contributed by atoms with Gasteiger partial charge in [-0.2, -0.15) is 0 Å². The largest absolute Gasteiger partial charge is 0.459 e. The molecule has 2 bridgehead atoms. The number of esters is 2. The Balaban J connectivity index is 1.52. The molecule has 2 atom stereocenters. The molecule has 2 saturated heterocycles. The summed E-state index contributed by atoms with van der Waals surface area (Å²) in [7, 11) is 0. The predicted molar refractivity (Wildman–Crippen MR) is 127 cm³/mol. The van der Waals surface area contributed by atoms with Crippen molar-refractivity contribution in [3.8, 4) is 0 Å². The molecule has 8 heteroatoms. The van der Waals surface area contributed by atoms with E-state index >= 15 is 0 Å². The Kier molecular flexibility index (Phi) is 6.32. The van der Waals surface area contributed by atoms with Gasteiger partial charge in [-0.25, -0.2) is 9.59 Å². The number of ether oxygens (including phenoxy) is 2. The van der Waals surface area contributed by atoms with Crippen molar-refractivity contribution in [1.82, 2.24) is 10.1 Å². The van der Waals surface area contributed by atoms with E-state index in [-0.39, 0.29) is 11.8 Å². The number of carbonyl (C=O) groups is 2. The third-order valence-electron chi connectivity index (χ3n) is 8.21. The number of rotatable bonds is 4. The Bertz CT molecular complexity index is 853. The van der Waals surface area contributed by atoms with Crippen LogP contribution < -0.4 is 0 Å². The Labute approximate surface area is 208 Å². The smallest absolute Gasteiger partial charge is 0.335 e. The number of hydrogen-bond acceptors (Lipinski definition) is 6. The third kappa shape index (κ3) is 4.70. The second-order valence-corrected chi connectivity index (χ2v) is 13.4. The fourth-order valence-electron chi connectivity index (χ4n) is 6.99. The van der Waals surface area contributed by atoms with Crippen LogP contribution in [0.4, 0.5) is 0 Å². The maximum Gasteiger partial charge on any atom is 0.335 e. The number of piperidine rings is 2. The van der Waals surface area contributed by atoms with Crippen LogP contribution in [0, 0.1) is 11.8 Å². The Morgan fingerprint density at radius 2 is 0.943 bits per heavy atom. The van der Waals surface area contributed by atoms with E-state index in [9.17, 15) is 20.0 Å². The fraction of sp³-hybridized carbons (Fsp3) is 0.778. The number of allylic oxidation sites excluding steroid dienone is 2. The number of nitrogens with zero attached hydrogens (tertiary/aromatic N) is 2. The van der Waals surface area contributed by atoms with E-state index in [2.05, 4.69) is 0 Å². The molecule has 2 radical (unpaired) electrons. The molecule has 0 unspecified atom stereocenters. The number of hydroxylamine groups is 4. The van der Waals surface area contributed by atoms with Crippen molar-refractivity contribution < 1.29 is 29.5 Å². The van der Waals surface area contributed by atoms with Gasteiger partial charge in [0.05, 0.1) is 11.1 Å². The lowest BCUT2D eigenvalue weighted by Crippen LogP contribution is -2.60. The first-order valence-electron chi connectivity index (χ1n) is 12.7. The van der Waals surface area contributed by atoms with Crippen LogP contribution in [0.1, 0.15) is 87.5 Å². The number of hydrogen-bond donors (Lipinski definition) is 0. The molecule has 0 spiro atoms. The minimum Gasteiger partial charge on any atom is -0.459 e. The van der Waals surface area contributed by atoms with E-state index in [1.165, 1.54) is 0 Å². The van der Waals surface area contributed by atoms with Crippen LogP contribution in [0.15, 0.2) is 23.3 Å². The van der Waals surface area contributed by atoms with Gasteiger partial charge in [0.15, 0.2) is 0 Å². The lowest BCUT2D eigenvalue weighted by molar-refractivity contribution is -0.299. The van der Waals surface area contributed by atoms with Crippen LogP contribution in [-0.4, -0.2) is 56.4 Å². The Hall–Kier alpha value is -1.74. The van der Waals surface area contributed by atoms with Crippen LogP contribution in [0.2, 0.25) is 0 Å². The first-order chi connectivity index (χ1) is 15.9. The summed E-state index contributed by atoms with van der Waals surface area (Å²) in [6.07, 6.45) is 5.51. The molecule has 0 aromatic heterocycles. The van der Waals surface area contributed by atoms with E-state index in [4.69, 9.17) is 9.47 Å². The summed E-state index contributed by atoms with van der Waals surface area (Å²) in [6.45, 7) is 14.9. The van der Waals surface area contributed by atoms with Gasteiger partial charge < -0.3 is 9.47 Å². The average molecular weight is 489 g/mol. The molecule has 4 rings (SSSR count). The van der Waals surface area contributed by atoms with Crippen molar-refractivity contribution in [1.29, 1.82) is 0 Å². The van der Waals surface area contributed by atoms with Crippen molar-refractivity contribution in [3.05, 3.63) is 23.3 Å². The van der Waals surface area contributed by atoms with Gasteiger partial charge in [-0.15, -0.1) is 20.5 Å². The maximum atomic E-state index is 13.4. The van der Waals surface area contributed by atoms with Gasteiger partial charge in [0.2, 0.25) is 0 Å². The second kappa shape index (κ2) is 8.40.